The first-order chi connectivity index (χ1) is 8.81. The van der Waals surface area contributed by atoms with Crippen LogP contribution < -0.4 is 4.72 Å². The van der Waals surface area contributed by atoms with Crippen molar-refractivity contribution in [1.29, 1.82) is 0 Å². The normalized spacial score (nSPS) is 15.7. The van der Waals surface area contributed by atoms with Gasteiger partial charge in [0.2, 0.25) is 10.0 Å². The van der Waals surface area contributed by atoms with Crippen LogP contribution in [0, 0.1) is 11.8 Å². The Bertz CT molecular complexity index is 499. The molecule has 1 heterocycles. The summed E-state index contributed by atoms with van der Waals surface area (Å²) >= 11 is 4.41. The van der Waals surface area contributed by atoms with Crippen molar-refractivity contribution in [3.8, 4) is 0 Å². The molecule has 0 aliphatic carbocycles. The van der Waals surface area contributed by atoms with E-state index in [1.165, 1.54) is 0 Å². The van der Waals surface area contributed by atoms with Crippen molar-refractivity contribution >= 4 is 37.3 Å². The van der Waals surface area contributed by atoms with Crippen molar-refractivity contribution in [3.63, 3.8) is 0 Å². The molecule has 0 aliphatic heterocycles. The molecule has 0 unspecified atom stereocenters. The zero-order chi connectivity index (χ0) is 14.6. The molecule has 0 aromatic carbocycles. The molecule has 0 bridgehead atoms. The van der Waals surface area contributed by atoms with Gasteiger partial charge < -0.3 is 5.11 Å². The zero-order valence-electron chi connectivity index (χ0n) is 11.3. The quantitative estimate of drug-likeness (QED) is 0.776. The van der Waals surface area contributed by atoms with Crippen molar-refractivity contribution in [3.05, 3.63) is 15.9 Å². The van der Waals surface area contributed by atoms with Gasteiger partial charge in [0, 0.05) is 6.04 Å². The van der Waals surface area contributed by atoms with E-state index < -0.39 is 16.1 Å². The number of thiophene rings is 1. The minimum absolute atomic E-state index is 0.114. The Hall–Kier alpha value is 0.0500. The highest BCUT2D eigenvalue weighted by Gasteiger charge is 2.28. The first-order valence-electron chi connectivity index (χ1n) is 6.20. The van der Waals surface area contributed by atoms with E-state index in [-0.39, 0.29) is 16.7 Å². The van der Waals surface area contributed by atoms with Gasteiger partial charge in [-0.25, -0.2) is 13.1 Å². The van der Waals surface area contributed by atoms with Gasteiger partial charge >= 0.3 is 0 Å². The lowest BCUT2D eigenvalue weighted by atomic mass is 9.87. The molecule has 1 aromatic heterocycles. The van der Waals surface area contributed by atoms with Crippen LogP contribution in [0.15, 0.2) is 20.1 Å². The van der Waals surface area contributed by atoms with E-state index in [1.54, 1.807) is 12.1 Å². The molecule has 7 heteroatoms. The van der Waals surface area contributed by atoms with E-state index in [9.17, 15) is 13.5 Å². The molecule has 4 nitrogen and oxygen atoms in total. The molecule has 0 aliphatic rings. The number of aliphatic hydroxyl groups is 1. The second kappa shape index (κ2) is 7.17. The predicted octanol–water partition coefficient (Wildman–Crippen LogP) is 2.83. The van der Waals surface area contributed by atoms with Crippen LogP contribution in [-0.2, 0) is 10.0 Å². The van der Waals surface area contributed by atoms with E-state index in [2.05, 4.69) is 20.7 Å². The molecule has 0 amide bonds. The summed E-state index contributed by atoms with van der Waals surface area (Å²) in [5.74, 6) is 0.420. The minimum atomic E-state index is -3.56. The van der Waals surface area contributed by atoms with Crippen LogP contribution in [0.1, 0.15) is 27.2 Å². The molecular weight excluding hydrogens is 350 g/mol. The number of rotatable bonds is 7. The number of aliphatic hydroxyl groups excluding tert-OH is 1. The first-order valence-corrected chi connectivity index (χ1v) is 9.29. The molecule has 0 radical (unpaired) electrons. The molecule has 1 aromatic rings. The maximum Gasteiger partial charge on any atom is 0.250 e. The lowest BCUT2D eigenvalue weighted by Crippen LogP contribution is -2.44. The van der Waals surface area contributed by atoms with E-state index in [0.29, 0.717) is 5.92 Å². The van der Waals surface area contributed by atoms with Gasteiger partial charge in [0.25, 0.3) is 0 Å². The van der Waals surface area contributed by atoms with E-state index >= 15 is 0 Å². The first kappa shape index (κ1) is 17.1. The fourth-order valence-electron chi connectivity index (χ4n) is 2.18. The van der Waals surface area contributed by atoms with Gasteiger partial charge in [0.1, 0.15) is 4.21 Å². The molecule has 110 valence electrons. The maximum absolute atomic E-state index is 12.2. The number of hydrogen-bond acceptors (Lipinski definition) is 4. The molecule has 1 rings (SSSR count). The van der Waals surface area contributed by atoms with Crippen LogP contribution in [0.4, 0.5) is 0 Å². The van der Waals surface area contributed by atoms with Crippen LogP contribution in [0.5, 0.6) is 0 Å². The van der Waals surface area contributed by atoms with E-state index in [1.807, 2.05) is 20.8 Å². The van der Waals surface area contributed by atoms with Crippen molar-refractivity contribution in [1.82, 2.24) is 4.72 Å². The van der Waals surface area contributed by atoms with Gasteiger partial charge in [-0.15, -0.1) is 11.3 Å². The van der Waals surface area contributed by atoms with E-state index in [0.717, 1.165) is 21.5 Å². The van der Waals surface area contributed by atoms with Gasteiger partial charge in [-0.1, -0.05) is 27.2 Å². The minimum Gasteiger partial charge on any atom is -0.395 e. The maximum atomic E-state index is 12.2. The monoisotopic (exact) mass is 369 g/mol. The summed E-state index contributed by atoms with van der Waals surface area (Å²) in [6.07, 6.45) is 0.819. The molecule has 0 spiro atoms. The Morgan fingerprint density at radius 3 is 2.42 bits per heavy atom. The molecule has 0 saturated heterocycles. The third-order valence-electron chi connectivity index (χ3n) is 3.16. The average molecular weight is 370 g/mol. The molecule has 0 fully saturated rings. The highest BCUT2D eigenvalue weighted by Crippen LogP contribution is 2.27. The lowest BCUT2D eigenvalue weighted by Gasteiger charge is -2.28. The second-order valence-electron chi connectivity index (χ2n) is 4.79. The fourth-order valence-corrected chi connectivity index (χ4v) is 5.48. The summed E-state index contributed by atoms with van der Waals surface area (Å²) in [6, 6.07) is 2.81. The predicted molar refractivity (Wildman–Crippen MR) is 81.8 cm³/mol. The summed E-state index contributed by atoms with van der Waals surface area (Å²) in [4.78, 5) is 0. The van der Waals surface area contributed by atoms with Crippen LogP contribution in [0.25, 0.3) is 0 Å². The van der Waals surface area contributed by atoms with Crippen LogP contribution in [0.2, 0.25) is 0 Å². The lowest BCUT2D eigenvalue weighted by molar-refractivity contribution is 0.184. The molecule has 2 N–H and O–H groups in total. The van der Waals surface area contributed by atoms with Crippen molar-refractivity contribution in [2.45, 2.75) is 37.4 Å². The zero-order valence-corrected chi connectivity index (χ0v) is 14.5. The second-order valence-corrected chi connectivity index (χ2v) is 9.19. The topological polar surface area (TPSA) is 66.4 Å². The van der Waals surface area contributed by atoms with Gasteiger partial charge in [-0.05, 0) is 39.9 Å². The SMILES string of the molecule is CC[C@@H](C(C)C)[C@H](CO)NS(=O)(=O)c1ccc(Br)s1. The Morgan fingerprint density at radius 1 is 1.42 bits per heavy atom. The van der Waals surface area contributed by atoms with Crippen molar-refractivity contribution in [2.75, 3.05) is 6.61 Å². The van der Waals surface area contributed by atoms with Crippen LogP contribution in [0.3, 0.4) is 0 Å². The summed E-state index contributed by atoms with van der Waals surface area (Å²) in [5, 5.41) is 9.46. The van der Waals surface area contributed by atoms with E-state index in [4.69, 9.17) is 0 Å². The Morgan fingerprint density at radius 2 is 2.05 bits per heavy atom. The van der Waals surface area contributed by atoms with Gasteiger partial charge in [-0.2, -0.15) is 0 Å². The van der Waals surface area contributed by atoms with Gasteiger partial charge in [0.15, 0.2) is 0 Å². The Kier molecular flexibility index (Phi) is 6.46. The third kappa shape index (κ3) is 4.53. The fraction of sp³-hybridized carbons (Fsp3) is 0.667. The Balaban J connectivity index is 2.91. The van der Waals surface area contributed by atoms with Crippen molar-refractivity contribution < 1.29 is 13.5 Å². The molecular formula is C12H20BrNO3S2. The highest BCUT2D eigenvalue weighted by molar-refractivity contribution is 9.11. The van der Waals surface area contributed by atoms with Crippen LogP contribution >= 0.6 is 27.3 Å². The smallest absolute Gasteiger partial charge is 0.250 e. The standard InChI is InChI=1S/C12H20BrNO3S2/c1-4-9(8(2)3)10(7-15)14-19(16,17)12-6-5-11(13)18-12/h5-6,8-10,14-15H,4,7H2,1-3H3/t9-,10-/m0/s1. The number of halogens is 1. The van der Waals surface area contributed by atoms with Crippen LogP contribution in [-0.4, -0.2) is 26.2 Å². The highest BCUT2D eigenvalue weighted by atomic mass is 79.9. The summed E-state index contributed by atoms with van der Waals surface area (Å²) in [6.45, 7) is 5.88. The van der Waals surface area contributed by atoms with Gasteiger partial charge in [-0.3, -0.25) is 0 Å². The summed E-state index contributed by atoms with van der Waals surface area (Å²) in [5.41, 5.74) is 0. The summed E-state index contributed by atoms with van der Waals surface area (Å²) in [7, 11) is -3.56. The number of nitrogens with one attached hydrogen (secondary N) is 1. The number of sulfonamides is 1. The van der Waals surface area contributed by atoms with Crippen molar-refractivity contribution in [2.24, 2.45) is 11.8 Å². The largest absolute Gasteiger partial charge is 0.395 e. The Labute approximate surface area is 127 Å². The molecule has 0 saturated carbocycles. The molecule has 19 heavy (non-hydrogen) atoms. The van der Waals surface area contributed by atoms with Gasteiger partial charge in [0.05, 0.1) is 10.4 Å². The average Bonchev–Trinajstić information content (AvgIpc) is 2.75. The summed E-state index contributed by atoms with van der Waals surface area (Å²) < 4.78 is 28.1. The third-order valence-corrected chi connectivity index (χ3v) is 6.77. The number of hydrogen-bond donors (Lipinski definition) is 2. The molecule has 2 atom stereocenters.